The van der Waals surface area contributed by atoms with Gasteiger partial charge in [0.15, 0.2) is 16.6 Å². The topological polar surface area (TPSA) is 75.7 Å². The highest BCUT2D eigenvalue weighted by atomic mass is 32.1. The van der Waals surface area contributed by atoms with E-state index in [1.165, 1.54) is 7.11 Å². The van der Waals surface area contributed by atoms with E-state index < -0.39 is 0 Å². The van der Waals surface area contributed by atoms with Crippen LogP contribution in [0.4, 0.5) is 0 Å². The van der Waals surface area contributed by atoms with Crippen molar-refractivity contribution in [2.45, 2.75) is 25.3 Å². The van der Waals surface area contributed by atoms with Crippen molar-refractivity contribution >= 4 is 23.2 Å². The Kier molecular flexibility index (Phi) is 6.78. The molecule has 1 aliphatic heterocycles. The van der Waals surface area contributed by atoms with Crippen LogP contribution in [0.25, 0.3) is 0 Å². The van der Waals surface area contributed by atoms with Crippen molar-refractivity contribution < 1.29 is 14.3 Å². The summed E-state index contributed by atoms with van der Waals surface area (Å²) in [7, 11) is 3.08. The van der Waals surface area contributed by atoms with E-state index >= 15 is 0 Å². The molecule has 148 valence electrons. The molecule has 0 spiro atoms. The fourth-order valence-corrected chi connectivity index (χ4v) is 3.51. The fourth-order valence-electron chi connectivity index (χ4n) is 3.30. The van der Waals surface area contributed by atoms with Gasteiger partial charge < -0.3 is 9.47 Å². The molecule has 1 amide bonds. The average molecular weight is 401 g/mol. The largest absolute Gasteiger partial charge is 0.493 e. The first-order valence-corrected chi connectivity index (χ1v) is 9.53. The second-order valence-electron chi connectivity index (χ2n) is 6.46. The first-order valence-electron chi connectivity index (χ1n) is 9.13. The molecule has 2 heterocycles. The van der Waals surface area contributed by atoms with Crippen molar-refractivity contribution in [3.63, 3.8) is 0 Å². The molecule has 0 saturated carbocycles. The van der Waals surface area contributed by atoms with E-state index in [0.29, 0.717) is 17.1 Å². The molecular weight excluding hydrogens is 376 g/mol. The van der Waals surface area contributed by atoms with Gasteiger partial charge in [0.2, 0.25) is 0 Å². The summed E-state index contributed by atoms with van der Waals surface area (Å²) in [6, 6.07) is 9.13. The molecule has 3 rings (SSSR count). The first-order chi connectivity index (χ1) is 13.6. The summed E-state index contributed by atoms with van der Waals surface area (Å²) in [5.74, 6) is 0.738. The van der Waals surface area contributed by atoms with Gasteiger partial charge in [-0.05, 0) is 54.9 Å². The first kappa shape index (κ1) is 20.0. The molecule has 1 aliphatic rings. The summed E-state index contributed by atoms with van der Waals surface area (Å²) >= 11 is 5.37. The molecule has 2 N–H and O–H groups in total. The number of benzene rings is 1. The fraction of sp³-hybridized carbons (Fsp3) is 0.350. The lowest BCUT2D eigenvalue weighted by Crippen LogP contribution is -2.51. The zero-order chi connectivity index (χ0) is 19.9. The summed E-state index contributed by atoms with van der Waals surface area (Å²) in [4.78, 5) is 16.8. The van der Waals surface area contributed by atoms with Gasteiger partial charge in [0.05, 0.1) is 20.3 Å². The molecule has 1 saturated heterocycles. The normalized spacial score (nSPS) is 16.9. The SMILES string of the molecule is COc1ccc(C(=O)NC(=S)NN2CCCC[C@H]2c2cccnc2)cc1OC. The van der Waals surface area contributed by atoms with Crippen molar-refractivity contribution in [3.8, 4) is 11.5 Å². The minimum absolute atomic E-state index is 0.165. The second-order valence-corrected chi connectivity index (χ2v) is 6.86. The Labute approximate surface area is 170 Å². The molecule has 1 atom stereocenters. The highest BCUT2D eigenvalue weighted by molar-refractivity contribution is 7.80. The van der Waals surface area contributed by atoms with Gasteiger partial charge in [0, 0.05) is 24.5 Å². The number of ether oxygens (including phenoxy) is 2. The maximum absolute atomic E-state index is 12.6. The third-order valence-corrected chi connectivity index (χ3v) is 4.88. The number of hydrogen-bond donors (Lipinski definition) is 2. The van der Waals surface area contributed by atoms with Crippen LogP contribution in [-0.4, -0.2) is 41.8 Å². The molecule has 0 radical (unpaired) electrons. The summed E-state index contributed by atoms with van der Waals surface area (Å²) in [6.45, 7) is 0.839. The summed E-state index contributed by atoms with van der Waals surface area (Å²) < 4.78 is 10.4. The number of thiocarbonyl (C=S) groups is 1. The lowest BCUT2D eigenvalue weighted by molar-refractivity contribution is 0.0957. The maximum Gasteiger partial charge on any atom is 0.257 e. The molecule has 2 aromatic rings. The Bertz CT molecular complexity index is 831. The van der Waals surface area contributed by atoms with Crippen molar-refractivity contribution in [2.24, 2.45) is 0 Å². The van der Waals surface area contributed by atoms with Crippen LogP contribution in [0.1, 0.15) is 41.2 Å². The zero-order valence-corrected chi connectivity index (χ0v) is 16.8. The lowest BCUT2D eigenvalue weighted by atomic mass is 9.98. The minimum Gasteiger partial charge on any atom is -0.493 e. The van der Waals surface area contributed by atoms with Crippen LogP contribution in [0.15, 0.2) is 42.7 Å². The maximum atomic E-state index is 12.6. The third-order valence-electron chi connectivity index (χ3n) is 4.69. The number of nitrogens with one attached hydrogen (secondary N) is 2. The van der Waals surface area contributed by atoms with Crippen molar-refractivity contribution in [3.05, 3.63) is 53.9 Å². The molecule has 28 heavy (non-hydrogen) atoms. The van der Waals surface area contributed by atoms with Crippen LogP contribution in [0, 0.1) is 0 Å². The average Bonchev–Trinajstić information content (AvgIpc) is 2.74. The minimum atomic E-state index is -0.312. The number of nitrogens with zero attached hydrogens (tertiary/aromatic N) is 2. The van der Waals surface area contributed by atoms with Crippen LogP contribution in [0.2, 0.25) is 0 Å². The number of methoxy groups -OCH3 is 2. The lowest BCUT2D eigenvalue weighted by Gasteiger charge is -2.36. The van der Waals surface area contributed by atoms with Gasteiger partial charge in [-0.1, -0.05) is 12.5 Å². The summed E-state index contributed by atoms with van der Waals surface area (Å²) in [5, 5.41) is 5.06. The molecule has 0 bridgehead atoms. The van der Waals surface area contributed by atoms with E-state index in [1.807, 2.05) is 12.3 Å². The number of carbonyl (C=O) groups is 1. The van der Waals surface area contributed by atoms with E-state index in [-0.39, 0.29) is 17.1 Å². The Morgan fingerprint density at radius 2 is 2.04 bits per heavy atom. The van der Waals surface area contributed by atoms with Crippen LogP contribution >= 0.6 is 12.2 Å². The molecule has 7 nitrogen and oxygen atoms in total. The van der Waals surface area contributed by atoms with Gasteiger partial charge in [0.1, 0.15) is 0 Å². The Hall–Kier alpha value is -2.71. The second kappa shape index (κ2) is 9.48. The van der Waals surface area contributed by atoms with Gasteiger partial charge in [-0.25, -0.2) is 5.01 Å². The van der Waals surface area contributed by atoms with E-state index in [2.05, 4.69) is 26.8 Å². The van der Waals surface area contributed by atoms with Gasteiger partial charge in [-0.15, -0.1) is 0 Å². The quantitative estimate of drug-likeness (QED) is 0.748. The highest BCUT2D eigenvalue weighted by Crippen LogP contribution is 2.29. The number of amides is 1. The van der Waals surface area contributed by atoms with Crippen LogP contribution in [0.5, 0.6) is 11.5 Å². The monoisotopic (exact) mass is 400 g/mol. The van der Waals surface area contributed by atoms with Crippen molar-refractivity contribution in [1.82, 2.24) is 20.7 Å². The predicted octanol–water partition coefficient (Wildman–Crippen LogP) is 2.85. The number of piperidine rings is 1. The molecule has 0 aliphatic carbocycles. The van der Waals surface area contributed by atoms with Gasteiger partial charge in [-0.2, -0.15) is 0 Å². The van der Waals surface area contributed by atoms with Crippen LogP contribution in [0.3, 0.4) is 0 Å². The van der Waals surface area contributed by atoms with Crippen molar-refractivity contribution in [2.75, 3.05) is 20.8 Å². The molecule has 8 heteroatoms. The van der Waals surface area contributed by atoms with E-state index in [4.69, 9.17) is 21.7 Å². The number of rotatable bonds is 5. The van der Waals surface area contributed by atoms with Crippen LogP contribution < -0.4 is 20.2 Å². The Morgan fingerprint density at radius 1 is 1.21 bits per heavy atom. The Morgan fingerprint density at radius 3 is 2.75 bits per heavy atom. The van der Waals surface area contributed by atoms with Gasteiger partial charge in [0.25, 0.3) is 5.91 Å². The molecule has 1 fully saturated rings. The van der Waals surface area contributed by atoms with Gasteiger partial charge in [-0.3, -0.25) is 20.5 Å². The smallest absolute Gasteiger partial charge is 0.257 e. The number of aromatic nitrogens is 1. The van der Waals surface area contributed by atoms with E-state index in [9.17, 15) is 4.79 Å². The molecular formula is C20H24N4O3S. The standard InChI is InChI=1S/C20H24N4O3S/c1-26-17-9-8-14(12-18(17)27-2)19(25)22-20(28)23-24-11-4-3-7-16(24)15-6-5-10-21-13-15/h5-6,8-10,12-13,16H,3-4,7,11H2,1-2H3,(H2,22,23,25,28)/t16-/m0/s1. The zero-order valence-electron chi connectivity index (χ0n) is 16.0. The summed E-state index contributed by atoms with van der Waals surface area (Å²) in [5.41, 5.74) is 4.73. The predicted molar refractivity (Wildman–Crippen MR) is 110 cm³/mol. The molecule has 1 aromatic carbocycles. The number of hydrazine groups is 1. The Balaban J connectivity index is 1.65. The number of pyridine rings is 1. The van der Waals surface area contributed by atoms with E-state index in [1.54, 1.807) is 31.5 Å². The molecule has 0 unspecified atom stereocenters. The van der Waals surface area contributed by atoms with Crippen LogP contribution in [-0.2, 0) is 0 Å². The summed E-state index contributed by atoms with van der Waals surface area (Å²) in [6.07, 6.45) is 6.84. The number of carbonyl (C=O) groups excluding carboxylic acids is 1. The third kappa shape index (κ3) is 4.76. The van der Waals surface area contributed by atoms with Crippen molar-refractivity contribution in [1.29, 1.82) is 0 Å². The van der Waals surface area contributed by atoms with Gasteiger partial charge >= 0.3 is 0 Å². The number of hydrogen-bond acceptors (Lipinski definition) is 6. The van der Waals surface area contributed by atoms with E-state index in [0.717, 1.165) is 31.4 Å². The molecule has 1 aromatic heterocycles. The highest BCUT2D eigenvalue weighted by Gasteiger charge is 2.25.